The zero-order chi connectivity index (χ0) is 14.1. The molecule has 0 spiro atoms. The van der Waals surface area contributed by atoms with Crippen molar-refractivity contribution in [2.24, 2.45) is 11.7 Å². The summed E-state index contributed by atoms with van der Waals surface area (Å²) in [6, 6.07) is 6.57. The van der Waals surface area contributed by atoms with E-state index in [2.05, 4.69) is 0 Å². The van der Waals surface area contributed by atoms with Crippen LogP contribution in [0.4, 0.5) is 8.78 Å². The summed E-state index contributed by atoms with van der Waals surface area (Å²) in [4.78, 5) is 0. The van der Waals surface area contributed by atoms with E-state index in [1.807, 2.05) is 0 Å². The van der Waals surface area contributed by atoms with Crippen molar-refractivity contribution >= 4 is 0 Å². The van der Waals surface area contributed by atoms with Gasteiger partial charge in [-0.1, -0.05) is 38.1 Å². The lowest BCUT2D eigenvalue weighted by atomic mass is 9.78. The Kier molecular flexibility index (Phi) is 3.92. The molecule has 0 radical (unpaired) electrons. The molecule has 0 aliphatic carbocycles. The summed E-state index contributed by atoms with van der Waals surface area (Å²) in [7, 11) is 0. The van der Waals surface area contributed by atoms with Crippen molar-refractivity contribution in [3.8, 4) is 0 Å². The predicted octanol–water partition coefficient (Wildman–Crippen LogP) is 3.05. The van der Waals surface area contributed by atoms with Crippen LogP contribution in [-0.2, 0) is 16.1 Å². The van der Waals surface area contributed by atoms with Crippen molar-refractivity contribution < 1.29 is 13.5 Å². The summed E-state index contributed by atoms with van der Waals surface area (Å²) in [5.41, 5.74) is 6.66. The fraction of sp³-hybridized carbons (Fsp3) is 0.600. The molecule has 2 rings (SSSR count). The molecular weight excluding hydrogens is 248 g/mol. The van der Waals surface area contributed by atoms with Crippen LogP contribution in [0.1, 0.15) is 31.4 Å². The van der Waals surface area contributed by atoms with Crippen LogP contribution in [0.3, 0.4) is 0 Å². The molecule has 1 aliphatic heterocycles. The zero-order valence-electron chi connectivity index (χ0n) is 11.5. The molecule has 0 amide bonds. The topological polar surface area (TPSA) is 35.2 Å². The highest BCUT2D eigenvalue weighted by atomic mass is 19.3. The average Bonchev–Trinajstić information content (AvgIpc) is 2.27. The van der Waals surface area contributed by atoms with E-state index in [4.69, 9.17) is 10.5 Å². The van der Waals surface area contributed by atoms with Gasteiger partial charge in [0.2, 0.25) is 0 Å². The van der Waals surface area contributed by atoms with E-state index in [0.29, 0.717) is 19.8 Å². The molecule has 1 saturated heterocycles. The van der Waals surface area contributed by atoms with Gasteiger partial charge in [0.05, 0.1) is 18.6 Å². The largest absolute Gasteiger partial charge is 0.379 e. The summed E-state index contributed by atoms with van der Waals surface area (Å²) >= 11 is 0. The second-order valence-corrected chi connectivity index (χ2v) is 5.86. The summed E-state index contributed by atoms with van der Waals surface area (Å²) < 4.78 is 33.1. The lowest BCUT2D eigenvalue weighted by Crippen LogP contribution is -2.52. The predicted molar refractivity (Wildman–Crippen MR) is 71.3 cm³/mol. The summed E-state index contributed by atoms with van der Waals surface area (Å²) in [5, 5.41) is 0. The van der Waals surface area contributed by atoms with Gasteiger partial charge in [0.15, 0.2) is 0 Å². The Labute approximate surface area is 112 Å². The second-order valence-electron chi connectivity index (χ2n) is 5.86. The second kappa shape index (κ2) is 5.17. The Morgan fingerprint density at radius 2 is 1.84 bits per heavy atom. The number of ether oxygens (including phenoxy) is 1. The van der Waals surface area contributed by atoms with E-state index in [0.717, 1.165) is 5.56 Å². The zero-order valence-corrected chi connectivity index (χ0v) is 11.5. The number of hydrogen-bond acceptors (Lipinski definition) is 2. The van der Waals surface area contributed by atoms with E-state index < -0.39 is 5.92 Å². The molecule has 0 unspecified atom stereocenters. The Morgan fingerprint density at radius 1 is 1.26 bits per heavy atom. The molecule has 1 aromatic rings. The maximum atomic E-state index is 14.0. The van der Waals surface area contributed by atoms with E-state index in [1.54, 1.807) is 26.0 Å². The van der Waals surface area contributed by atoms with Gasteiger partial charge in [-0.15, -0.1) is 0 Å². The number of hydrogen-bond donors (Lipinski definition) is 1. The number of alkyl halides is 2. The highest BCUT2D eigenvalue weighted by Crippen LogP contribution is 2.37. The van der Waals surface area contributed by atoms with Crippen molar-refractivity contribution in [2.45, 2.75) is 31.6 Å². The summed E-state index contributed by atoms with van der Waals surface area (Å²) in [6.07, 6.45) is -0.127. The smallest absolute Gasteiger partial charge is 0.273 e. The first-order valence-electron chi connectivity index (χ1n) is 6.66. The molecule has 1 heterocycles. The third kappa shape index (κ3) is 2.79. The van der Waals surface area contributed by atoms with Gasteiger partial charge < -0.3 is 10.5 Å². The van der Waals surface area contributed by atoms with Gasteiger partial charge in [-0.2, -0.15) is 0 Å². The molecule has 1 fully saturated rings. The minimum Gasteiger partial charge on any atom is -0.379 e. The van der Waals surface area contributed by atoms with Crippen molar-refractivity contribution in [1.82, 2.24) is 0 Å². The van der Waals surface area contributed by atoms with Crippen LogP contribution in [0.5, 0.6) is 0 Å². The Bertz CT molecular complexity index is 419. The summed E-state index contributed by atoms with van der Waals surface area (Å²) in [5.74, 6) is -2.80. The van der Waals surface area contributed by atoms with Crippen LogP contribution in [0.15, 0.2) is 24.3 Å². The molecule has 106 valence electrons. The van der Waals surface area contributed by atoms with E-state index in [1.165, 1.54) is 12.1 Å². The number of rotatable bonds is 5. The maximum Gasteiger partial charge on any atom is 0.273 e. The normalized spacial score (nSPS) is 18.4. The van der Waals surface area contributed by atoms with E-state index >= 15 is 0 Å². The van der Waals surface area contributed by atoms with Gasteiger partial charge in [0.1, 0.15) is 0 Å². The van der Waals surface area contributed by atoms with Gasteiger partial charge in [-0.05, 0) is 11.5 Å². The molecule has 0 saturated carbocycles. The fourth-order valence-corrected chi connectivity index (χ4v) is 2.45. The molecule has 1 aromatic carbocycles. The average molecular weight is 269 g/mol. The first kappa shape index (κ1) is 14.4. The van der Waals surface area contributed by atoms with E-state index in [9.17, 15) is 8.78 Å². The lowest BCUT2D eigenvalue weighted by molar-refractivity contribution is -0.0552. The molecule has 2 nitrogen and oxygen atoms in total. The highest BCUT2D eigenvalue weighted by molar-refractivity contribution is 5.33. The lowest BCUT2D eigenvalue weighted by Gasteiger charge is -2.41. The van der Waals surface area contributed by atoms with E-state index in [-0.39, 0.29) is 23.3 Å². The highest BCUT2D eigenvalue weighted by Gasteiger charge is 2.39. The first-order valence-corrected chi connectivity index (χ1v) is 6.66. The van der Waals surface area contributed by atoms with Crippen LogP contribution < -0.4 is 5.73 Å². The quantitative estimate of drug-likeness (QED) is 0.891. The first-order chi connectivity index (χ1) is 8.89. The van der Waals surface area contributed by atoms with Crippen molar-refractivity contribution in [3.05, 3.63) is 35.4 Å². The molecule has 1 aliphatic rings. The van der Waals surface area contributed by atoms with Gasteiger partial charge in [0, 0.05) is 18.5 Å². The van der Waals surface area contributed by atoms with Crippen LogP contribution in [0, 0.1) is 5.92 Å². The van der Waals surface area contributed by atoms with Gasteiger partial charge in [0.25, 0.3) is 5.92 Å². The monoisotopic (exact) mass is 269 g/mol. The van der Waals surface area contributed by atoms with Crippen molar-refractivity contribution in [2.75, 3.05) is 19.8 Å². The molecule has 4 heteroatoms. The van der Waals surface area contributed by atoms with Gasteiger partial charge >= 0.3 is 0 Å². The minimum absolute atomic E-state index is 0.0370. The Morgan fingerprint density at radius 3 is 2.21 bits per heavy atom. The van der Waals surface area contributed by atoms with Crippen LogP contribution in [-0.4, -0.2) is 19.8 Å². The third-order valence-electron chi connectivity index (χ3n) is 3.73. The fourth-order valence-electron chi connectivity index (χ4n) is 2.45. The van der Waals surface area contributed by atoms with Crippen LogP contribution in [0.2, 0.25) is 0 Å². The number of nitrogens with two attached hydrogens (primary N) is 1. The SMILES string of the molecule is CC(C)CC(F)(F)c1ccc(C2(CN)COC2)cc1. The van der Waals surface area contributed by atoms with Gasteiger partial charge in [-0.25, -0.2) is 8.78 Å². The van der Waals surface area contributed by atoms with Crippen LogP contribution in [0.25, 0.3) is 0 Å². The molecule has 0 atom stereocenters. The third-order valence-corrected chi connectivity index (χ3v) is 3.73. The number of halogens is 2. The molecule has 2 N–H and O–H groups in total. The van der Waals surface area contributed by atoms with Gasteiger partial charge in [-0.3, -0.25) is 0 Å². The van der Waals surface area contributed by atoms with Crippen LogP contribution >= 0.6 is 0 Å². The van der Waals surface area contributed by atoms with Crippen molar-refractivity contribution in [1.29, 1.82) is 0 Å². The minimum atomic E-state index is -2.77. The maximum absolute atomic E-state index is 14.0. The Balaban J connectivity index is 2.18. The molecular formula is C15H21F2NO. The van der Waals surface area contributed by atoms with Crippen molar-refractivity contribution in [3.63, 3.8) is 0 Å². The standard InChI is InChI=1S/C15H21F2NO/c1-11(2)7-15(16,17)13-5-3-12(4-6-13)14(8-18)9-19-10-14/h3-6,11H,7-10,18H2,1-2H3. The summed E-state index contributed by atoms with van der Waals surface area (Å²) in [6.45, 7) is 5.24. The Hall–Kier alpha value is -1.00. The molecule has 0 bridgehead atoms. The molecule has 0 aromatic heterocycles. The number of benzene rings is 1. The molecule has 19 heavy (non-hydrogen) atoms.